The standard InChI is InChI=1S/C16H20N2O2/c1-11-6-7-18(12(8-11)9-17)16(19)14-10-20-15-5-3-2-4-13(14)15/h2-5,10-12H,6-9,17H2,1H3. The van der Waals surface area contributed by atoms with Gasteiger partial charge in [-0.2, -0.15) is 0 Å². The zero-order valence-corrected chi connectivity index (χ0v) is 11.7. The number of rotatable bonds is 2. The van der Waals surface area contributed by atoms with E-state index in [1.54, 1.807) is 6.26 Å². The van der Waals surface area contributed by atoms with Gasteiger partial charge in [0.25, 0.3) is 5.91 Å². The molecule has 1 aromatic heterocycles. The maximum absolute atomic E-state index is 12.8. The van der Waals surface area contributed by atoms with E-state index >= 15 is 0 Å². The second-order valence-corrected chi connectivity index (χ2v) is 5.66. The van der Waals surface area contributed by atoms with Crippen molar-refractivity contribution in [2.75, 3.05) is 13.1 Å². The minimum atomic E-state index is 0.0392. The Morgan fingerprint density at radius 1 is 1.45 bits per heavy atom. The monoisotopic (exact) mass is 272 g/mol. The van der Waals surface area contributed by atoms with E-state index in [1.807, 2.05) is 29.2 Å². The third-order valence-electron chi connectivity index (χ3n) is 4.22. The first-order valence-corrected chi connectivity index (χ1v) is 7.18. The van der Waals surface area contributed by atoms with Crippen LogP contribution in [0.4, 0.5) is 0 Å². The fourth-order valence-corrected chi connectivity index (χ4v) is 3.04. The Balaban J connectivity index is 1.91. The predicted octanol–water partition coefficient (Wildman–Crippen LogP) is 2.63. The van der Waals surface area contributed by atoms with Crippen LogP contribution in [0, 0.1) is 5.92 Å². The van der Waals surface area contributed by atoms with Gasteiger partial charge in [-0.05, 0) is 24.8 Å². The Morgan fingerprint density at radius 3 is 3.05 bits per heavy atom. The van der Waals surface area contributed by atoms with E-state index in [4.69, 9.17) is 10.2 Å². The third kappa shape index (κ3) is 2.20. The molecule has 106 valence electrons. The van der Waals surface area contributed by atoms with Gasteiger partial charge >= 0.3 is 0 Å². The lowest BCUT2D eigenvalue weighted by molar-refractivity contribution is 0.0574. The van der Waals surface area contributed by atoms with Gasteiger partial charge in [0.05, 0.1) is 5.56 Å². The largest absolute Gasteiger partial charge is 0.463 e. The molecule has 2 aromatic rings. The van der Waals surface area contributed by atoms with Gasteiger partial charge < -0.3 is 15.1 Å². The van der Waals surface area contributed by atoms with Gasteiger partial charge in [0.2, 0.25) is 0 Å². The molecule has 3 rings (SSSR count). The molecule has 0 radical (unpaired) electrons. The number of furan rings is 1. The van der Waals surface area contributed by atoms with Crippen molar-refractivity contribution in [1.29, 1.82) is 0 Å². The van der Waals surface area contributed by atoms with Crippen LogP contribution in [0.2, 0.25) is 0 Å². The fourth-order valence-electron chi connectivity index (χ4n) is 3.04. The number of amides is 1. The number of likely N-dealkylation sites (tertiary alicyclic amines) is 1. The second-order valence-electron chi connectivity index (χ2n) is 5.66. The van der Waals surface area contributed by atoms with Crippen molar-refractivity contribution in [3.05, 3.63) is 36.1 Å². The maximum atomic E-state index is 12.8. The molecule has 1 aliphatic heterocycles. The molecule has 1 fully saturated rings. The number of hydrogen-bond acceptors (Lipinski definition) is 3. The van der Waals surface area contributed by atoms with Gasteiger partial charge in [-0.3, -0.25) is 4.79 Å². The highest BCUT2D eigenvalue weighted by Gasteiger charge is 2.30. The van der Waals surface area contributed by atoms with Crippen LogP contribution in [0.15, 0.2) is 34.9 Å². The predicted molar refractivity (Wildman–Crippen MR) is 78.5 cm³/mol. The molecule has 4 nitrogen and oxygen atoms in total. The molecule has 20 heavy (non-hydrogen) atoms. The Labute approximate surface area is 118 Å². The van der Waals surface area contributed by atoms with Crippen LogP contribution in [0.25, 0.3) is 11.0 Å². The molecule has 0 bridgehead atoms. The van der Waals surface area contributed by atoms with Crippen molar-refractivity contribution < 1.29 is 9.21 Å². The third-order valence-corrected chi connectivity index (χ3v) is 4.22. The van der Waals surface area contributed by atoms with Crippen LogP contribution in [-0.2, 0) is 0 Å². The Morgan fingerprint density at radius 2 is 2.25 bits per heavy atom. The molecule has 2 heterocycles. The molecule has 2 atom stereocenters. The van der Waals surface area contributed by atoms with Gasteiger partial charge in [-0.25, -0.2) is 0 Å². The molecule has 0 saturated carbocycles. The number of fused-ring (bicyclic) bond motifs is 1. The molecule has 0 aliphatic carbocycles. The molecule has 1 saturated heterocycles. The minimum Gasteiger partial charge on any atom is -0.463 e. The van der Waals surface area contributed by atoms with Crippen molar-refractivity contribution in [3.63, 3.8) is 0 Å². The van der Waals surface area contributed by atoms with Crippen molar-refractivity contribution >= 4 is 16.9 Å². The summed E-state index contributed by atoms with van der Waals surface area (Å²) < 4.78 is 5.47. The van der Waals surface area contributed by atoms with Crippen LogP contribution < -0.4 is 5.73 Å². The van der Waals surface area contributed by atoms with Crippen molar-refractivity contribution in [2.45, 2.75) is 25.8 Å². The van der Waals surface area contributed by atoms with E-state index < -0.39 is 0 Å². The average molecular weight is 272 g/mol. The fraction of sp³-hybridized carbons (Fsp3) is 0.438. The lowest BCUT2D eigenvalue weighted by Gasteiger charge is -2.37. The number of hydrogen-bond donors (Lipinski definition) is 1. The van der Waals surface area contributed by atoms with E-state index in [1.165, 1.54) is 0 Å². The number of benzene rings is 1. The normalized spacial score (nSPS) is 23.2. The number of carbonyl (C=O) groups is 1. The summed E-state index contributed by atoms with van der Waals surface area (Å²) in [6.45, 7) is 3.52. The van der Waals surface area contributed by atoms with Gasteiger partial charge in [0, 0.05) is 24.5 Å². The number of piperidine rings is 1. The summed E-state index contributed by atoms with van der Waals surface area (Å²) in [6.07, 6.45) is 3.59. The van der Waals surface area contributed by atoms with E-state index in [2.05, 4.69) is 6.92 Å². The van der Waals surface area contributed by atoms with Crippen molar-refractivity contribution in [1.82, 2.24) is 4.90 Å². The van der Waals surface area contributed by atoms with Gasteiger partial charge in [-0.1, -0.05) is 25.1 Å². The molecule has 0 spiro atoms. The summed E-state index contributed by atoms with van der Waals surface area (Å²) in [5.41, 5.74) is 7.24. The summed E-state index contributed by atoms with van der Waals surface area (Å²) in [7, 11) is 0. The Kier molecular flexibility index (Phi) is 3.49. The number of carbonyl (C=O) groups excluding carboxylic acids is 1. The first-order chi connectivity index (χ1) is 9.70. The van der Waals surface area contributed by atoms with Crippen molar-refractivity contribution in [2.24, 2.45) is 11.7 Å². The number of para-hydroxylation sites is 1. The molecular weight excluding hydrogens is 252 g/mol. The summed E-state index contributed by atoms with van der Waals surface area (Å²) in [5, 5.41) is 0.881. The SMILES string of the molecule is CC1CCN(C(=O)c2coc3ccccc23)C(CN)C1. The molecule has 2 N–H and O–H groups in total. The summed E-state index contributed by atoms with van der Waals surface area (Å²) in [6, 6.07) is 7.78. The molecule has 1 aromatic carbocycles. The molecule has 2 unspecified atom stereocenters. The van der Waals surface area contributed by atoms with Crippen LogP contribution in [0.3, 0.4) is 0 Å². The Hall–Kier alpha value is -1.81. The van der Waals surface area contributed by atoms with Crippen LogP contribution in [-0.4, -0.2) is 29.9 Å². The quantitative estimate of drug-likeness (QED) is 0.914. The lowest BCUT2D eigenvalue weighted by atomic mass is 9.92. The molecular formula is C16H20N2O2. The van der Waals surface area contributed by atoms with E-state index in [9.17, 15) is 4.79 Å². The topological polar surface area (TPSA) is 59.5 Å². The highest BCUT2D eigenvalue weighted by molar-refractivity contribution is 6.06. The van der Waals surface area contributed by atoms with Crippen molar-refractivity contribution in [3.8, 4) is 0 Å². The zero-order valence-electron chi connectivity index (χ0n) is 11.7. The van der Waals surface area contributed by atoms with Crippen LogP contribution >= 0.6 is 0 Å². The van der Waals surface area contributed by atoms with E-state index in [0.29, 0.717) is 18.0 Å². The van der Waals surface area contributed by atoms with E-state index in [0.717, 1.165) is 30.4 Å². The highest BCUT2D eigenvalue weighted by Crippen LogP contribution is 2.27. The summed E-state index contributed by atoms with van der Waals surface area (Å²) in [5.74, 6) is 0.672. The zero-order chi connectivity index (χ0) is 14.1. The Bertz CT molecular complexity index is 620. The van der Waals surface area contributed by atoms with E-state index in [-0.39, 0.29) is 11.9 Å². The summed E-state index contributed by atoms with van der Waals surface area (Å²) >= 11 is 0. The maximum Gasteiger partial charge on any atom is 0.258 e. The lowest BCUT2D eigenvalue weighted by Crippen LogP contribution is -2.49. The second kappa shape index (κ2) is 5.29. The molecule has 1 amide bonds. The van der Waals surface area contributed by atoms with Gasteiger partial charge in [0.15, 0.2) is 0 Å². The molecule has 1 aliphatic rings. The van der Waals surface area contributed by atoms with Crippen LogP contribution in [0.5, 0.6) is 0 Å². The summed E-state index contributed by atoms with van der Waals surface area (Å²) in [4.78, 5) is 14.7. The minimum absolute atomic E-state index is 0.0392. The first-order valence-electron chi connectivity index (χ1n) is 7.18. The van der Waals surface area contributed by atoms with Gasteiger partial charge in [0.1, 0.15) is 11.8 Å². The van der Waals surface area contributed by atoms with Gasteiger partial charge in [-0.15, -0.1) is 0 Å². The average Bonchev–Trinajstić information content (AvgIpc) is 2.90. The first kappa shape index (κ1) is 13.2. The highest BCUT2D eigenvalue weighted by atomic mass is 16.3. The smallest absolute Gasteiger partial charge is 0.258 e. The molecule has 4 heteroatoms. The number of nitrogens with two attached hydrogens (primary N) is 1. The van der Waals surface area contributed by atoms with Crippen LogP contribution in [0.1, 0.15) is 30.1 Å². The number of nitrogens with zero attached hydrogens (tertiary/aromatic N) is 1.